The third-order valence-corrected chi connectivity index (χ3v) is 5.76. The van der Waals surface area contributed by atoms with E-state index in [4.69, 9.17) is 11.6 Å². The van der Waals surface area contributed by atoms with Gasteiger partial charge in [-0.15, -0.1) is 0 Å². The van der Waals surface area contributed by atoms with Gasteiger partial charge >= 0.3 is 0 Å². The first-order valence-electron chi connectivity index (χ1n) is 10.6. The third-order valence-electron chi connectivity index (χ3n) is 5.53. The highest BCUT2D eigenvalue weighted by atomic mass is 35.5. The van der Waals surface area contributed by atoms with Crippen molar-refractivity contribution in [3.63, 3.8) is 0 Å². The lowest BCUT2D eigenvalue weighted by atomic mass is 9.97. The Balaban J connectivity index is 1.61. The second kappa shape index (κ2) is 10.2. The summed E-state index contributed by atoms with van der Waals surface area (Å²) >= 11 is 6.06. The minimum absolute atomic E-state index is 0.123. The summed E-state index contributed by atoms with van der Waals surface area (Å²) in [5.74, 6) is -0.449. The zero-order valence-corrected chi connectivity index (χ0v) is 18.3. The van der Waals surface area contributed by atoms with E-state index >= 15 is 0 Å². The number of nitrogens with zero attached hydrogens (tertiary/aromatic N) is 2. The molecule has 2 atom stereocenters. The van der Waals surface area contributed by atoms with Crippen LogP contribution in [0.5, 0.6) is 0 Å². The van der Waals surface area contributed by atoms with Crippen LogP contribution in [0.15, 0.2) is 91.3 Å². The first-order valence-corrected chi connectivity index (χ1v) is 11.0. The molecule has 32 heavy (non-hydrogen) atoms. The first-order chi connectivity index (χ1) is 15.6. The highest BCUT2D eigenvalue weighted by molar-refractivity contribution is 6.31. The van der Waals surface area contributed by atoms with Crippen LogP contribution in [0.3, 0.4) is 0 Å². The maximum absolute atomic E-state index is 13.8. The SMILES string of the molecule is O=C(NC(Cc1ccccc1)C(=O)N1CC=CCC1c1cccnc1)c1cccc(Cl)c1. The molecule has 1 aliphatic heterocycles. The van der Waals surface area contributed by atoms with Crippen LogP contribution in [0, 0.1) is 0 Å². The molecule has 6 heteroatoms. The van der Waals surface area contributed by atoms with Gasteiger partial charge in [-0.05, 0) is 41.8 Å². The van der Waals surface area contributed by atoms with Gasteiger partial charge in [-0.2, -0.15) is 0 Å². The predicted octanol–water partition coefficient (Wildman–Crippen LogP) is 4.61. The van der Waals surface area contributed by atoms with Gasteiger partial charge in [0.05, 0.1) is 6.04 Å². The second-order valence-corrected chi connectivity index (χ2v) is 8.16. The second-order valence-electron chi connectivity index (χ2n) is 7.73. The number of carbonyl (C=O) groups excluding carboxylic acids is 2. The van der Waals surface area contributed by atoms with E-state index in [2.05, 4.69) is 16.4 Å². The van der Waals surface area contributed by atoms with Gasteiger partial charge in [0.1, 0.15) is 6.04 Å². The first kappa shape index (κ1) is 21.8. The van der Waals surface area contributed by atoms with Crippen molar-refractivity contribution in [2.24, 2.45) is 0 Å². The molecule has 0 spiro atoms. The number of hydrogen-bond donors (Lipinski definition) is 1. The number of rotatable bonds is 6. The average molecular weight is 446 g/mol. The standard InChI is InChI=1S/C26H24ClN3O2/c27-22-12-6-10-20(17-22)25(31)29-23(16-19-8-2-1-3-9-19)26(32)30-15-5-4-13-24(30)21-11-7-14-28-18-21/h1-12,14,17-18,23-24H,13,15-16H2,(H,29,31). The van der Waals surface area contributed by atoms with Gasteiger partial charge in [-0.3, -0.25) is 14.6 Å². The highest BCUT2D eigenvalue weighted by Gasteiger charge is 2.32. The third kappa shape index (κ3) is 5.24. The van der Waals surface area contributed by atoms with E-state index in [9.17, 15) is 9.59 Å². The molecule has 2 heterocycles. The minimum atomic E-state index is -0.713. The summed E-state index contributed by atoms with van der Waals surface area (Å²) in [6, 6.07) is 19.4. The number of amides is 2. The molecule has 5 nitrogen and oxygen atoms in total. The summed E-state index contributed by atoms with van der Waals surface area (Å²) in [5.41, 5.74) is 2.37. The van der Waals surface area contributed by atoms with Crippen molar-refractivity contribution in [3.05, 3.63) is 113 Å². The van der Waals surface area contributed by atoms with E-state index < -0.39 is 6.04 Å². The van der Waals surface area contributed by atoms with Crippen LogP contribution in [0.2, 0.25) is 5.02 Å². The smallest absolute Gasteiger partial charge is 0.251 e. The molecule has 0 aliphatic carbocycles. The Morgan fingerprint density at radius 1 is 1.06 bits per heavy atom. The zero-order valence-electron chi connectivity index (χ0n) is 17.5. The molecule has 0 bridgehead atoms. The molecule has 2 aromatic carbocycles. The lowest BCUT2D eigenvalue weighted by Gasteiger charge is -2.36. The van der Waals surface area contributed by atoms with E-state index in [1.54, 1.807) is 36.7 Å². The van der Waals surface area contributed by atoms with Gasteiger partial charge in [0.2, 0.25) is 5.91 Å². The monoisotopic (exact) mass is 445 g/mol. The molecule has 0 saturated heterocycles. The Morgan fingerprint density at radius 2 is 1.91 bits per heavy atom. The van der Waals surface area contributed by atoms with Crippen LogP contribution < -0.4 is 5.32 Å². The Hall–Kier alpha value is -3.44. The number of nitrogens with one attached hydrogen (secondary N) is 1. The highest BCUT2D eigenvalue weighted by Crippen LogP contribution is 2.28. The molecule has 0 saturated carbocycles. The summed E-state index contributed by atoms with van der Waals surface area (Å²) in [4.78, 5) is 32.8. The fourth-order valence-corrected chi connectivity index (χ4v) is 4.11. The summed E-state index contributed by atoms with van der Waals surface area (Å²) in [6.45, 7) is 0.483. The van der Waals surface area contributed by atoms with Crippen molar-refractivity contribution in [2.45, 2.75) is 24.9 Å². The van der Waals surface area contributed by atoms with Crippen molar-refractivity contribution in [3.8, 4) is 0 Å². The van der Waals surface area contributed by atoms with Crippen molar-refractivity contribution in [1.29, 1.82) is 0 Å². The summed E-state index contributed by atoms with van der Waals surface area (Å²) < 4.78 is 0. The molecule has 1 aromatic heterocycles. The zero-order chi connectivity index (χ0) is 22.3. The number of carbonyl (C=O) groups is 2. The lowest BCUT2D eigenvalue weighted by Crippen LogP contribution is -2.51. The van der Waals surface area contributed by atoms with Gasteiger partial charge in [-0.1, -0.05) is 66.2 Å². The topological polar surface area (TPSA) is 62.3 Å². The number of aromatic nitrogens is 1. The fraction of sp³-hybridized carbons (Fsp3) is 0.192. The number of halogens is 1. The van der Waals surface area contributed by atoms with Gasteiger partial charge < -0.3 is 10.2 Å². The summed E-state index contributed by atoms with van der Waals surface area (Å²) in [7, 11) is 0. The molecule has 1 aliphatic rings. The van der Waals surface area contributed by atoms with Gasteiger partial charge in [0, 0.05) is 35.9 Å². The van der Waals surface area contributed by atoms with Crippen LogP contribution >= 0.6 is 11.6 Å². The Morgan fingerprint density at radius 3 is 2.66 bits per heavy atom. The fourth-order valence-electron chi connectivity index (χ4n) is 3.92. The van der Waals surface area contributed by atoms with Crippen LogP contribution in [0.25, 0.3) is 0 Å². The van der Waals surface area contributed by atoms with E-state index in [0.717, 1.165) is 11.1 Å². The summed E-state index contributed by atoms with van der Waals surface area (Å²) in [6.07, 6.45) is 8.68. The lowest BCUT2D eigenvalue weighted by molar-refractivity contribution is -0.135. The van der Waals surface area contributed by atoms with Gasteiger partial charge in [0.25, 0.3) is 5.91 Å². The molecule has 0 fully saturated rings. The molecule has 1 N–H and O–H groups in total. The van der Waals surface area contributed by atoms with Crippen molar-refractivity contribution in [2.75, 3.05) is 6.54 Å². The molecule has 3 aromatic rings. The normalized spacial score (nSPS) is 16.4. The van der Waals surface area contributed by atoms with E-state index in [-0.39, 0.29) is 17.9 Å². The van der Waals surface area contributed by atoms with Crippen LogP contribution in [-0.2, 0) is 11.2 Å². The molecule has 162 valence electrons. The van der Waals surface area contributed by atoms with Crippen molar-refractivity contribution >= 4 is 23.4 Å². The molecular weight excluding hydrogens is 422 g/mol. The number of benzene rings is 2. The van der Waals surface area contributed by atoms with Crippen LogP contribution in [-0.4, -0.2) is 34.3 Å². The van der Waals surface area contributed by atoms with E-state index in [1.165, 1.54) is 0 Å². The maximum Gasteiger partial charge on any atom is 0.251 e. The van der Waals surface area contributed by atoms with Crippen LogP contribution in [0.1, 0.15) is 33.9 Å². The Kier molecular flexibility index (Phi) is 6.97. The van der Waals surface area contributed by atoms with Gasteiger partial charge in [-0.25, -0.2) is 0 Å². The van der Waals surface area contributed by atoms with Crippen molar-refractivity contribution < 1.29 is 9.59 Å². The molecule has 4 rings (SSSR count). The number of pyridine rings is 1. The largest absolute Gasteiger partial charge is 0.340 e. The van der Waals surface area contributed by atoms with Crippen LogP contribution in [0.4, 0.5) is 0 Å². The predicted molar refractivity (Wildman–Crippen MR) is 125 cm³/mol. The van der Waals surface area contributed by atoms with Crippen molar-refractivity contribution in [1.82, 2.24) is 15.2 Å². The maximum atomic E-state index is 13.8. The minimum Gasteiger partial charge on any atom is -0.340 e. The summed E-state index contributed by atoms with van der Waals surface area (Å²) in [5, 5.41) is 3.42. The average Bonchev–Trinajstić information content (AvgIpc) is 2.84. The molecule has 2 amide bonds. The van der Waals surface area contributed by atoms with E-state index in [0.29, 0.717) is 30.0 Å². The quantitative estimate of drug-likeness (QED) is 0.564. The molecule has 2 unspecified atom stereocenters. The molecule has 0 radical (unpaired) electrons. The Bertz CT molecular complexity index is 1100. The molecular formula is C26H24ClN3O2. The Labute approximate surface area is 192 Å². The van der Waals surface area contributed by atoms with E-state index in [1.807, 2.05) is 53.4 Å². The van der Waals surface area contributed by atoms with Gasteiger partial charge in [0.15, 0.2) is 0 Å². The number of hydrogen-bond acceptors (Lipinski definition) is 3.